The quantitative estimate of drug-likeness (QED) is 0.152. The van der Waals surface area contributed by atoms with Gasteiger partial charge in [0.1, 0.15) is 0 Å². The van der Waals surface area contributed by atoms with Crippen molar-refractivity contribution in [3.63, 3.8) is 0 Å². The second-order valence-electron chi connectivity index (χ2n) is 8.08. The van der Waals surface area contributed by atoms with Gasteiger partial charge in [-0.3, -0.25) is 4.18 Å². The zero-order valence-corrected chi connectivity index (χ0v) is 20.1. The first-order valence-corrected chi connectivity index (χ1v) is 12.6. The summed E-state index contributed by atoms with van der Waals surface area (Å²) in [7, 11) is 0.219. The Morgan fingerprint density at radius 2 is 1.25 bits per heavy atom. The molecular weight excluding hydrogens is 376 g/mol. The molecule has 172 valence electrons. The van der Waals surface area contributed by atoms with Crippen molar-refractivity contribution in [2.24, 2.45) is 0 Å². The molecule has 0 saturated heterocycles. The van der Waals surface area contributed by atoms with Crippen molar-refractivity contribution in [1.29, 1.82) is 0 Å². The maximum atomic E-state index is 9.45. The van der Waals surface area contributed by atoms with E-state index in [1.165, 1.54) is 104 Å². The summed E-state index contributed by atoms with van der Waals surface area (Å²) < 4.78 is 33.2. The molecule has 28 heavy (non-hydrogen) atoms. The molecule has 7 heteroatoms. The Kier molecular flexibility index (Phi) is 21.5. The maximum absolute atomic E-state index is 9.45. The van der Waals surface area contributed by atoms with Crippen LogP contribution >= 0.6 is 0 Å². The van der Waals surface area contributed by atoms with Crippen LogP contribution in [0.5, 0.6) is 0 Å². The summed E-state index contributed by atoms with van der Waals surface area (Å²) >= 11 is 0. The Bertz CT molecular complexity index is 415. The van der Waals surface area contributed by atoms with Gasteiger partial charge >= 0.3 is 0 Å². The summed E-state index contributed by atoms with van der Waals surface area (Å²) in [6.07, 6.45) is 15.6. The van der Waals surface area contributed by atoms with Crippen LogP contribution in [-0.4, -0.2) is 64.3 Å². The predicted molar refractivity (Wildman–Crippen MR) is 118 cm³/mol. The Balaban J connectivity index is 0. The third-order valence-corrected chi connectivity index (χ3v) is 5.47. The van der Waals surface area contributed by atoms with Crippen LogP contribution in [0.1, 0.15) is 91.4 Å². The molecule has 0 heterocycles. The van der Waals surface area contributed by atoms with Gasteiger partial charge in [0.05, 0.1) is 33.8 Å². The Hall–Kier alpha value is -0.210. The van der Waals surface area contributed by atoms with Crippen molar-refractivity contribution in [3.05, 3.63) is 0 Å². The average molecular weight is 425 g/mol. The van der Waals surface area contributed by atoms with E-state index < -0.39 is 10.4 Å². The maximum Gasteiger partial charge on any atom is 0.217 e. The molecule has 0 radical (unpaired) electrons. The van der Waals surface area contributed by atoms with Crippen molar-refractivity contribution in [2.45, 2.75) is 91.4 Å². The largest absolute Gasteiger partial charge is 0.726 e. The highest BCUT2D eigenvalue weighted by atomic mass is 32.3. The van der Waals surface area contributed by atoms with Gasteiger partial charge in [0.2, 0.25) is 10.4 Å². The van der Waals surface area contributed by atoms with Crippen LogP contribution < -0.4 is 5.32 Å². The third kappa shape index (κ3) is 28.0. The molecule has 0 aliphatic carbocycles. The molecule has 0 saturated carbocycles. The fourth-order valence-electron chi connectivity index (χ4n) is 2.80. The molecule has 1 N–H and O–H groups in total. The van der Waals surface area contributed by atoms with Crippen molar-refractivity contribution in [2.75, 3.05) is 46.9 Å². The van der Waals surface area contributed by atoms with E-state index in [1.807, 2.05) is 0 Å². The fourth-order valence-corrected chi connectivity index (χ4v) is 3.09. The molecule has 0 aromatic heterocycles. The molecular formula is C21H48N2O4S. The monoisotopic (exact) mass is 424 g/mol. The smallest absolute Gasteiger partial charge is 0.217 e. The van der Waals surface area contributed by atoms with Crippen LogP contribution in [0, 0.1) is 0 Å². The Labute approximate surface area is 176 Å². The van der Waals surface area contributed by atoms with E-state index >= 15 is 0 Å². The van der Waals surface area contributed by atoms with Crippen LogP contribution in [0.15, 0.2) is 0 Å². The first-order valence-electron chi connectivity index (χ1n) is 11.3. The van der Waals surface area contributed by atoms with Gasteiger partial charge in [-0.25, -0.2) is 8.42 Å². The highest BCUT2D eigenvalue weighted by Crippen LogP contribution is 2.10. The second-order valence-corrected chi connectivity index (χ2v) is 9.13. The van der Waals surface area contributed by atoms with E-state index in [0.29, 0.717) is 0 Å². The van der Waals surface area contributed by atoms with Gasteiger partial charge in [-0.15, -0.1) is 0 Å². The normalized spacial score (nSPS) is 11.9. The predicted octanol–water partition coefficient (Wildman–Crippen LogP) is 4.47. The summed E-state index contributed by atoms with van der Waals surface area (Å²) in [4.78, 5) is 0. The molecule has 0 aliphatic rings. The standard InChI is InChI=1S/C19H43N2.C2H6O4S/c1-5-7-8-9-10-11-12-13-14-15-17-20-18-16-19-21(3,4)6-2;1-2-6-7(3,4)5/h20H,5-19H2,1-4H3;2H2,1H3,(H,3,4,5)/q+1;/p-1. The van der Waals surface area contributed by atoms with E-state index in [9.17, 15) is 13.0 Å². The third-order valence-electron chi connectivity index (χ3n) is 4.94. The van der Waals surface area contributed by atoms with Crippen LogP contribution in [-0.2, 0) is 14.6 Å². The number of quaternary nitrogens is 1. The van der Waals surface area contributed by atoms with Gasteiger partial charge in [0.25, 0.3) is 0 Å². The molecule has 0 unspecified atom stereocenters. The van der Waals surface area contributed by atoms with Crippen LogP contribution in [0.4, 0.5) is 0 Å². The van der Waals surface area contributed by atoms with Gasteiger partial charge in [-0.05, 0) is 26.8 Å². The van der Waals surface area contributed by atoms with Crippen LogP contribution in [0.3, 0.4) is 0 Å². The molecule has 0 amide bonds. The molecule has 0 rings (SSSR count). The Morgan fingerprint density at radius 1 is 0.786 bits per heavy atom. The number of nitrogens with zero attached hydrogens (tertiary/aromatic N) is 1. The number of unbranched alkanes of at least 4 members (excludes halogenated alkanes) is 9. The van der Waals surface area contributed by atoms with Crippen molar-refractivity contribution in [1.82, 2.24) is 5.32 Å². The number of nitrogens with one attached hydrogen (secondary N) is 1. The second kappa shape index (κ2) is 20.1. The average Bonchev–Trinajstić information content (AvgIpc) is 2.61. The molecule has 6 nitrogen and oxygen atoms in total. The summed E-state index contributed by atoms with van der Waals surface area (Å²) in [6, 6.07) is 0. The Morgan fingerprint density at radius 3 is 1.64 bits per heavy atom. The molecule has 0 atom stereocenters. The van der Waals surface area contributed by atoms with Gasteiger partial charge in [-0.2, -0.15) is 0 Å². The van der Waals surface area contributed by atoms with Gasteiger partial charge in [0, 0.05) is 13.0 Å². The van der Waals surface area contributed by atoms with Gasteiger partial charge in [-0.1, -0.05) is 64.7 Å². The summed E-state index contributed by atoms with van der Waals surface area (Å²) in [6.45, 7) is 10.8. The fraction of sp³-hybridized carbons (Fsp3) is 1.00. The lowest BCUT2D eigenvalue weighted by atomic mass is 10.1. The minimum Gasteiger partial charge on any atom is -0.726 e. The number of rotatable bonds is 18. The highest BCUT2D eigenvalue weighted by molar-refractivity contribution is 7.80. The van der Waals surface area contributed by atoms with E-state index in [2.05, 4.69) is 37.4 Å². The molecule has 0 aromatic carbocycles. The molecule has 0 spiro atoms. The summed E-state index contributed by atoms with van der Waals surface area (Å²) in [5, 5.41) is 3.60. The van der Waals surface area contributed by atoms with E-state index in [-0.39, 0.29) is 6.61 Å². The highest BCUT2D eigenvalue weighted by Gasteiger charge is 2.09. The van der Waals surface area contributed by atoms with Gasteiger partial charge < -0.3 is 14.4 Å². The van der Waals surface area contributed by atoms with Crippen LogP contribution in [0.2, 0.25) is 0 Å². The lowest BCUT2D eigenvalue weighted by Crippen LogP contribution is -2.41. The van der Waals surface area contributed by atoms with E-state index in [0.717, 1.165) is 4.48 Å². The lowest BCUT2D eigenvalue weighted by Gasteiger charge is -2.28. The SMILES string of the molecule is CCCCCCCCCCCCNCCC[N+](C)(C)CC.CCOS(=O)(=O)[O-]. The first-order chi connectivity index (χ1) is 13.2. The molecule has 0 bridgehead atoms. The van der Waals surface area contributed by atoms with Crippen molar-refractivity contribution in [3.8, 4) is 0 Å². The summed E-state index contributed by atoms with van der Waals surface area (Å²) in [5.41, 5.74) is 0. The minimum absolute atomic E-state index is 0.0914. The molecule has 0 aromatic rings. The molecule has 0 aliphatic heterocycles. The zero-order valence-electron chi connectivity index (χ0n) is 19.3. The topological polar surface area (TPSA) is 78.5 Å². The lowest BCUT2D eigenvalue weighted by molar-refractivity contribution is -0.888. The van der Waals surface area contributed by atoms with Crippen molar-refractivity contribution >= 4 is 10.4 Å². The van der Waals surface area contributed by atoms with Crippen molar-refractivity contribution < 1.29 is 21.6 Å². The molecule has 0 fully saturated rings. The van der Waals surface area contributed by atoms with Gasteiger partial charge in [0.15, 0.2) is 0 Å². The van der Waals surface area contributed by atoms with E-state index in [4.69, 9.17) is 0 Å². The first kappa shape index (κ1) is 30.0. The number of hydrogen-bond acceptors (Lipinski definition) is 5. The van der Waals surface area contributed by atoms with E-state index in [1.54, 1.807) is 0 Å². The number of hydrogen-bond donors (Lipinski definition) is 1. The summed E-state index contributed by atoms with van der Waals surface area (Å²) in [5.74, 6) is 0. The zero-order chi connectivity index (χ0) is 21.7. The minimum atomic E-state index is -4.42. The van der Waals surface area contributed by atoms with Crippen LogP contribution in [0.25, 0.3) is 0 Å².